The molecule has 13 heavy (non-hydrogen) atoms. The zero-order valence-electron chi connectivity index (χ0n) is 6.30. The molecule has 0 radical (unpaired) electrons. The Hall–Kier alpha value is 0.950. The molecule has 7 heteroatoms. The molecule has 1 rings (SSSR count). The maximum absolute atomic E-state index is 12.2. The van der Waals surface area contributed by atoms with Crippen molar-refractivity contribution in [3.63, 3.8) is 0 Å². The number of hydrogen-bond acceptors (Lipinski definition) is 0. The average molecular weight is 276 g/mol. The van der Waals surface area contributed by atoms with E-state index in [1.807, 2.05) is 0 Å². The van der Waals surface area contributed by atoms with Crippen LogP contribution in [0.5, 0.6) is 0 Å². The second-order valence-electron chi connectivity index (χ2n) is 3.05. The highest BCUT2D eigenvalue weighted by Crippen LogP contribution is 2.72. The normalized spacial score (nSPS) is 28.6. The molecule has 1 unspecified atom stereocenters. The van der Waals surface area contributed by atoms with Gasteiger partial charge in [0.2, 0.25) is 0 Å². The molecule has 78 valence electrons. The van der Waals surface area contributed by atoms with Gasteiger partial charge in [-0.1, -0.05) is 53.3 Å². The summed E-state index contributed by atoms with van der Waals surface area (Å²) in [5, 5.41) is 0. The molecule has 0 heterocycles. The summed E-state index contributed by atoms with van der Waals surface area (Å²) in [5.74, 6) is -2.89. The molecular weight excluding hydrogens is 271 g/mol. The Kier molecular flexibility index (Phi) is 2.75. The van der Waals surface area contributed by atoms with Gasteiger partial charge in [0.1, 0.15) is 0 Å². The van der Waals surface area contributed by atoms with Crippen molar-refractivity contribution in [2.24, 2.45) is 11.8 Å². The molecule has 0 aromatic rings. The Labute approximate surface area is 93.3 Å². The van der Waals surface area contributed by atoms with Crippen LogP contribution in [0.15, 0.2) is 0 Å². The van der Waals surface area contributed by atoms with E-state index in [9.17, 15) is 13.2 Å². The first-order valence-corrected chi connectivity index (χ1v) is 4.86. The van der Waals surface area contributed by atoms with Crippen LogP contribution >= 0.6 is 46.4 Å². The topological polar surface area (TPSA) is 0 Å². The fraction of sp³-hybridized carbons (Fsp3) is 1.00. The van der Waals surface area contributed by atoms with Crippen LogP contribution < -0.4 is 0 Å². The first-order valence-electron chi connectivity index (χ1n) is 3.35. The van der Waals surface area contributed by atoms with Crippen molar-refractivity contribution in [1.82, 2.24) is 0 Å². The van der Waals surface area contributed by atoms with Crippen LogP contribution in [-0.2, 0) is 0 Å². The van der Waals surface area contributed by atoms with Crippen molar-refractivity contribution < 1.29 is 13.2 Å². The lowest BCUT2D eigenvalue weighted by atomic mass is 10.1. The molecule has 0 amide bonds. The third-order valence-electron chi connectivity index (χ3n) is 2.16. The molecule has 0 N–H and O–H groups in total. The number of rotatable bonds is 1. The highest BCUT2D eigenvalue weighted by Gasteiger charge is 2.79. The first-order chi connectivity index (χ1) is 5.53. The third-order valence-corrected chi connectivity index (χ3v) is 4.68. The molecule has 0 nitrogen and oxygen atoms in total. The van der Waals surface area contributed by atoms with Crippen LogP contribution in [0.25, 0.3) is 0 Å². The van der Waals surface area contributed by atoms with E-state index in [1.54, 1.807) is 0 Å². The van der Waals surface area contributed by atoms with Crippen molar-refractivity contribution in [2.75, 3.05) is 0 Å². The van der Waals surface area contributed by atoms with E-state index < -0.39 is 26.7 Å². The molecule has 0 spiro atoms. The SMILES string of the molecule is CC(C1C(Cl)(Cl)C1(Cl)Cl)C(F)(F)F. The summed E-state index contributed by atoms with van der Waals surface area (Å²) in [7, 11) is 0. The number of hydrogen-bond donors (Lipinski definition) is 0. The number of alkyl halides is 7. The smallest absolute Gasteiger partial charge is 0.171 e. The quantitative estimate of drug-likeness (QED) is 0.631. The van der Waals surface area contributed by atoms with Crippen molar-refractivity contribution in [2.45, 2.75) is 21.8 Å². The molecule has 0 bridgehead atoms. The largest absolute Gasteiger partial charge is 0.392 e. The van der Waals surface area contributed by atoms with Crippen molar-refractivity contribution in [3.8, 4) is 0 Å². The summed E-state index contributed by atoms with van der Waals surface area (Å²) < 4.78 is 33.2. The molecule has 0 aromatic heterocycles. The molecule has 1 saturated carbocycles. The van der Waals surface area contributed by atoms with E-state index in [4.69, 9.17) is 46.4 Å². The van der Waals surface area contributed by atoms with E-state index >= 15 is 0 Å². The van der Waals surface area contributed by atoms with Gasteiger partial charge in [0.25, 0.3) is 0 Å². The van der Waals surface area contributed by atoms with Crippen LogP contribution in [0.4, 0.5) is 13.2 Å². The van der Waals surface area contributed by atoms with Crippen molar-refractivity contribution >= 4 is 46.4 Å². The second-order valence-corrected chi connectivity index (χ2v) is 5.83. The summed E-state index contributed by atoms with van der Waals surface area (Å²) >= 11 is 22.0. The zero-order valence-corrected chi connectivity index (χ0v) is 9.32. The third kappa shape index (κ3) is 1.73. The van der Waals surface area contributed by atoms with Gasteiger partial charge < -0.3 is 0 Å². The first kappa shape index (κ1) is 12.0. The maximum Gasteiger partial charge on any atom is 0.392 e. The van der Waals surface area contributed by atoms with Gasteiger partial charge in [-0.15, -0.1) is 0 Å². The molecule has 0 aliphatic heterocycles. The van der Waals surface area contributed by atoms with Gasteiger partial charge >= 0.3 is 6.18 Å². The van der Waals surface area contributed by atoms with Crippen molar-refractivity contribution in [3.05, 3.63) is 0 Å². The zero-order chi connectivity index (χ0) is 10.7. The Morgan fingerprint density at radius 1 is 1.08 bits per heavy atom. The Morgan fingerprint density at radius 3 is 1.46 bits per heavy atom. The fourth-order valence-electron chi connectivity index (χ4n) is 1.18. The van der Waals surface area contributed by atoms with E-state index in [1.165, 1.54) is 0 Å². The van der Waals surface area contributed by atoms with E-state index in [0.717, 1.165) is 6.92 Å². The number of halogens is 7. The highest BCUT2D eigenvalue weighted by molar-refractivity contribution is 6.68. The maximum atomic E-state index is 12.2. The van der Waals surface area contributed by atoms with Crippen molar-refractivity contribution in [1.29, 1.82) is 0 Å². The Morgan fingerprint density at radius 2 is 1.38 bits per heavy atom. The fourth-order valence-corrected chi connectivity index (χ4v) is 3.07. The predicted molar refractivity (Wildman–Crippen MR) is 47.6 cm³/mol. The van der Waals surface area contributed by atoms with Crippen LogP contribution in [0, 0.1) is 11.8 Å². The van der Waals surface area contributed by atoms with Gasteiger partial charge in [-0.3, -0.25) is 0 Å². The van der Waals surface area contributed by atoms with Crippen LogP contribution in [0.1, 0.15) is 6.92 Å². The summed E-state index contributed by atoms with van der Waals surface area (Å²) in [4.78, 5) is 0. The standard InChI is InChI=1S/C6H5Cl4F3/c1-2(6(11,12)13)3-4(7,8)5(3,9)10/h2-3H,1H3. The van der Waals surface area contributed by atoms with Crippen LogP contribution in [0.3, 0.4) is 0 Å². The summed E-state index contributed by atoms with van der Waals surface area (Å²) in [6, 6.07) is 0. The van der Waals surface area contributed by atoms with E-state index in [-0.39, 0.29) is 0 Å². The summed E-state index contributed by atoms with van der Waals surface area (Å²) in [6.45, 7) is 0.955. The lowest BCUT2D eigenvalue weighted by Crippen LogP contribution is -2.24. The molecule has 0 aromatic carbocycles. The summed E-state index contributed by atoms with van der Waals surface area (Å²) in [6.07, 6.45) is -4.38. The molecule has 0 saturated heterocycles. The van der Waals surface area contributed by atoms with Gasteiger partial charge in [-0.25, -0.2) is 0 Å². The van der Waals surface area contributed by atoms with Gasteiger partial charge in [-0.2, -0.15) is 13.2 Å². The lowest BCUT2D eigenvalue weighted by Gasteiger charge is -2.15. The minimum atomic E-state index is -4.38. The average Bonchev–Trinajstić information content (AvgIpc) is 2.21. The minimum absolute atomic E-state index is 0.955. The van der Waals surface area contributed by atoms with E-state index in [2.05, 4.69) is 0 Å². The van der Waals surface area contributed by atoms with Crippen LogP contribution in [0.2, 0.25) is 0 Å². The lowest BCUT2D eigenvalue weighted by molar-refractivity contribution is -0.175. The Balaban J connectivity index is 2.80. The van der Waals surface area contributed by atoms with Crippen LogP contribution in [-0.4, -0.2) is 14.8 Å². The molecule has 1 atom stereocenters. The second kappa shape index (κ2) is 2.97. The van der Waals surface area contributed by atoms with Gasteiger partial charge in [-0.05, 0) is 0 Å². The Bertz CT molecular complexity index is 208. The predicted octanol–water partition coefficient (Wildman–Crippen LogP) is 4.16. The summed E-state index contributed by atoms with van der Waals surface area (Å²) in [5.41, 5.74) is 0. The molecular formula is C6H5Cl4F3. The highest BCUT2D eigenvalue weighted by atomic mass is 35.5. The monoisotopic (exact) mass is 274 g/mol. The van der Waals surface area contributed by atoms with Gasteiger partial charge in [0.05, 0.1) is 5.92 Å². The van der Waals surface area contributed by atoms with Gasteiger partial charge in [0.15, 0.2) is 8.67 Å². The molecule has 1 aliphatic rings. The molecule has 1 aliphatic carbocycles. The molecule has 1 fully saturated rings. The minimum Gasteiger partial charge on any atom is -0.171 e. The van der Waals surface area contributed by atoms with Gasteiger partial charge in [0, 0.05) is 5.92 Å². The van der Waals surface area contributed by atoms with E-state index in [0.29, 0.717) is 0 Å².